The Morgan fingerprint density at radius 1 is 1.17 bits per heavy atom. The number of piperidine rings is 1. The van der Waals surface area contributed by atoms with Crippen molar-refractivity contribution in [3.63, 3.8) is 0 Å². The highest BCUT2D eigenvalue weighted by Crippen LogP contribution is 2.25. The van der Waals surface area contributed by atoms with E-state index >= 15 is 0 Å². The van der Waals surface area contributed by atoms with E-state index in [2.05, 4.69) is 21.5 Å². The first-order valence-electron chi connectivity index (χ1n) is 11.2. The molecule has 3 heterocycles. The van der Waals surface area contributed by atoms with Gasteiger partial charge in [0.1, 0.15) is 11.9 Å². The third-order valence-corrected chi connectivity index (χ3v) is 7.89. The molecule has 0 saturated carbocycles. The van der Waals surface area contributed by atoms with Crippen LogP contribution in [0.4, 0.5) is 0 Å². The van der Waals surface area contributed by atoms with Gasteiger partial charge in [0, 0.05) is 24.7 Å². The van der Waals surface area contributed by atoms with E-state index in [4.69, 9.17) is 0 Å². The summed E-state index contributed by atoms with van der Waals surface area (Å²) >= 11 is 0. The predicted molar refractivity (Wildman–Crippen MR) is 117 cm³/mol. The van der Waals surface area contributed by atoms with Crippen LogP contribution in [0.3, 0.4) is 0 Å². The second-order valence-electron chi connectivity index (χ2n) is 8.54. The van der Waals surface area contributed by atoms with Gasteiger partial charge in [0.25, 0.3) is 10.0 Å². The smallest absolute Gasteiger partial charge is 0.263 e. The van der Waals surface area contributed by atoms with E-state index in [0.29, 0.717) is 23.9 Å². The lowest BCUT2D eigenvalue weighted by Crippen LogP contribution is -2.48. The number of fused-ring (bicyclic) bond motifs is 1. The molecule has 1 N–H and O–H groups in total. The van der Waals surface area contributed by atoms with E-state index in [0.717, 1.165) is 38.8 Å². The zero-order chi connectivity index (χ0) is 21.1. The molecule has 3 aliphatic heterocycles. The highest BCUT2D eigenvalue weighted by Gasteiger charge is 2.34. The maximum absolute atomic E-state index is 13.3. The monoisotopic (exact) mass is 432 g/mol. The first-order chi connectivity index (χ1) is 14.5. The van der Waals surface area contributed by atoms with Crippen LogP contribution in [-0.2, 0) is 14.8 Å². The lowest BCUT2D eigenvalue weighted by molar-refractivity contribution is -0.134. The number of hydrogen-bond acceptors (Lipinski definition) is 5. The molecule has 164 valence electrons. The number of nitrogens with one attached hydrogen (secondary N) is 1. The van der Waals surface area contributed by atoms with E-state index in [9.17, 15) is 13.2 Å². The number of nitrogens with zero attached hydrogens (tertiary/aromatic N) is 3. The Hall–Kier alpha value is -1.93. The third kappa shape index (κ3) is 4.39. The van der Waals surface area contributed by atoms with Crippen molar-refractivity contribution >= 4 is 21.8 Å². The van der Waals surface area contributed by atoms with Crippen molar-refractivity contribution in [1.82, 2.24) is 14.5 Å². The fourth-order valence-electron chi connectivity index (χ4n) is 4.80. The topological polar surface area (TPSA) is 82.1 Å². The lowest BCUT2D eigenvalue weighted by atomic mass is 10.0. The largest absolute Gasteiger partial charge is 0.341 e. The molecule has 1 atom stereocenters. The molecule has 1 aromatic rings. The molecule has 1 unspecified atom stereocenters. The number of carbonyl (C=O) groups is 1. The SMILES string of the molecule is CCCCC(N=C1NS(=O)(=O)c2ccccc21)C(=O)N1CCC(N2CCCC2)CC1. The Morgan fingerprint density at radius 3 is 2.57 bits per heavy atom. The van der Waals surface area contributed by atoms with Gasteiger partial charge in [-0.1, -0.05) is 31.9 Å². The Bertz CT molecular complexity index is 901. The maximum atomic E-state index is 13.3. The van der Waals surface area contributed by atoms with Crippen molar-refractivity contribution in [1.29, 1.82) is 0 Å². The quantitative estimate of drug-likeness (QED) is 0.748. The molecule has 0 aromatic heterocycles. The molecule has 0 spiro atoms. The van der Waals surface area contributed by atoms with Gasteiger partial charge in [-0.2, -0.15) is 0 Å². The number of likely N-dealkylation sites (tertiary alicyclic amines) is 2. The van der Waals surface area contributed by atoms with Crippen LogP contribution in [0.15, 0.2) is 34.2 Å². The molecule has 0 radical (unpaired) electrons. The molecular weight excluding hydrogens is 400 g/mol. The van der Waals surface area contributed by atoms with Crippen LogP contribution in [0.1, 0.15) is 57.4 Å². The number of aliphatic imine (C=N–C) groups is 1. The highest BCUT2D eigenvalue weighted by molar-refractivity contribution is 7.90. The third-order valence-electron chi connectivity index (χ3n) is 6.50. The first-order valence-corrected chi connectivity index (χ1v) is 12.7. The van der Waals surface area contributed by atoms with Gasteiger partial charge in [-0.05, 0) is 57.3 Å². The number of amides is 1. The maximum Gasteiger partial charge on any atom is 0.263 e. The molecule has 1 aromatic carbocycles. The summed E-state index contributed by atoms with van der Waals surface area (Å²) in [4.78, 5) is 22.7. The average molecular weight is 433 g/mol. The fraction of sp³-hybridized carbons (Fsp3) is 0.636. The van der Waals surface area contributed by atoms with Gasteiger partial charge in [0.05, 0.1) is 4.90 Å². The molecule has 4 rings (SSSR count). The molecule has 0 bridgehead atoms. The van der Waals surface area contributed by atoms with Crippen molar-refractivity contribution in [2.45, 2.75) is 68.8 Å². The molecular formula is C22H32N4O3S. The fourth-order valence-corrected chi connectivity index (χ4v) is 6.03. The van der Waals surface area contributed by atoms with E-state index in [-0.39, 0.29) is 10.8 Å². The Labute approximate surface area is 179 Å². The second kappa shape index (κ2) is 9.06. The van der Waals surface area contributed by atoms with Gasteiger partial charge in [0.2, 0.25) is 5.91 Å². The van der Waals surface area contributed by atoms with Crippen molar-refractivity contribution in [2.24, 2.45) is 4.99 Å². The molecule has 3 aliphatic rings. The highest BCUT2D eigenvalue weighted by atomic mass is 32.2. The van der Waals surface area contributed by atoms with Crippen molar-refractivity contribution in [3.8, 4) is 0 Å². The summed E-state index contributed by atoms with van der Waals surface area (Å²) in [5.41, 5.74) is 0.555. The first kappa shape index (κ1) is 21.3. The molecule has 7 nitrogen and oxygen atoms in total. The zero-order valence-electron chi connectivity index (χ0n) is 17.7. The van der Waals surface area contributed by atoms with Crippen LogP contribution in [0.5, 0.6) is 0 Å². The summed E-state index contributed by atoms with van der Waals surface area (Å²) in [5, 5.41) is 0. The summed E-state index contributed by atoms with van der Waals surface area (Å²) in [7, 11) is -3.60. The van der Waals surface area contributed by atoms with E-state index < -0.39 is 16.1 Å². The zero-order valence-corrected chi connectivity index (χ0v) is 18.5. The summed E-state index contributed by atoms with van der Waals surface area (Å²) in [6, 6.07) is 6.86. The number of sulfonamides is 1. The van der Waals surface area contributed by atoms with Gasteiger partial charge in [-0.25, -0.2) is 8.42 Å². The van der Waals surface area contributed by atoms with Gasteiger partial charge < -0.3 is 9.80 Å². The molecule has 30 heavy (non-hydrogen) atoms. The summed E-state index contributed by atoms with van der Waals surface area (Å²) in [5.74, 6) is 0.325. The number of carbonyl (C=O) groups excluding carboxylic acids is 1. The van der Waals surface area contributed by atoms with Crippen LogP contribution in [0.25, 0.3) is 0 Å². The molecule has 1 amide bonds. The number of rotatable bonds is 6. The number of hydrogen-bond donors (Lipinski definition) is 1. The number of benzene rings is 1. The van der Waals surface area contributed by atoms with Crippen LogP contribution < -0.4 is 4.72 Å². The normalized spacial score (nSPS) is 24.0. The van der Waals surface area contributed by atoms with Crippen LogP contribution in [0, 0.1) is 0 Å². The van der Waals surface area contributed by atoms with Crippen molar-refractivity contribution in [3.05, 3.63) is 29.8 Å². The van der Waals surface area contributed by atoms with Crippen LogP contribution in [-0.4, -0.2) is 68.2 Å². The van der Waals surface area contributed by atoms with E-state index in [1.807, 2.05) is 4.90 Å². The van der Waals surface area contributed by atoms with Gasteiger partial charge in [-0.3, -0.25) is 14.5 Å². The van der Waals surface area contributed by atoms with E-state index in [1.54, 1.807) is 24.3 Å². The van der Waals surface area contributed by atoms with Crippen molar-refractivity contribution < 1.29 is 13.2 Å². The van der Waals surface area contributed by atoms with Crippen LogP contribution in [0.2, 0.25) is 0 Å². The summed E-state index contributed by atoms with van der Waals surface area (Å²) < 4.78 is 27.4. The molecule has 0 aliphatic carbocycles. The Kier molecular flexibility index (Phi) is 6.43. The number of amidine groups is 1. The Balaban J connectivity index is 1.49. The second-order valence-corrected chi connectivity index (χ2v) is 10.2. The minimum absolute atomic E-state index is 0.0272. The minimum Gasteiger partial charge on any atom is -0.341 e. The number of unbranched alkanes of at least 4 members (excludes halogenated alkanes) is 1. The predicted octanol–water partition coefficient (Wildman–Crippen LogP) is 2.37. The molecule has 8 heteroatoms. The molecule has 2 saturated heterocycles. The van der Waals surface area contributed by atoms with Gasteiger partial charge in [0.15, 0.2) is 0 Å². The lowest BCUT2D eigenvalue weighted by Gasteiger charge is -2.37. The van der Waals surface area contributed by atoms with Gasteiger partial charge >= 0.3 is 0 Å². The van der Waals surface area contributed by atoms with E-state index in [1.165, 1.54) is 25.9 Å². The average Bonchev–Trinajstić information content (AvgIpc) is 3.38. The van der Waals surface area contributed by atoms with Crippen LogP contribution >= 0.6 is 0 Å². The summed E-state index contributed by atoms with van der Waals surface area (Å²) in [6.45, 7) is 5.98. The van der Waals surface area contributed by atoms with Crippen molar-refractivity contribution in [2.75, 3.05) is 26.2 Å². The molecule has 2 fully saturated rings. The summed E-state index contributed by atoms with van der Waals surface area (Å²) in [6.07, 6.45) is 7.07. The Morgan fingerprint density at radius 2 is 1.87 bits per heavy atom. The van der Waals surface area contributed by atoms with Gasteiger partial charge in [-0.15, -0.1) is 0 Å². The standard InChI is InChI=1S/C22H32N4O3S/c1-2-3-9-19(23-21-18-8-4-5-10-20(18)30(28,29)24-21)22(27)26-15-11-17(12-16-26)25-13-6-7-14-25/h4-5,8,10,17,19H,2-3,6-7,9,11-16H2,1H3,(H,23,24). The minimum atomic E-state index is -3.60.